The van der Waals surface area contributed by atoms with Crippen molar-refractivity contribution in [2.45, 2.75) is 63.6 Å². The Labute approximate surface area is 226 Å². The van der Waals surface area contributed by atoms with Crippen LogP contribution in [0, 0.1) is 0 Å². The number of aromatic amines is 1. The van der Waals surface area contributed by atoms with Crippen molar-refractivity contribution >= 4 is 28.5 Å². The van der Waals surface area contributed by atoms with Gasteiger partial charge in [-0.05, 0) is 24.1 Å². The molecule has 5 atom stereocenters. The zero-order chi connectivity index (χ0) is 27.8. The van der Waals surface area contributed by atoms with Gasteiger partial charge in [0.2, 0.25) is 0 Å². The first kappa shape index (κ1) is 30.0. The van der Waals surface area contributed by atoms with Gasteiger partial charge in [0.25, 0.3) is 0 Å². The Kier molecular flexibility index (Phi) is 11.0. The number of benzene rings is 1. The Balaban J connectivity index is 1.74. The van der Waals surface area contributed by atoms with E-state index in [-0.39, 0.29) is 12.5 Å². The van der Waals surface area contributed by atoms with Gasteiger partial charge in [0.1, 0.15) is 35.4 Å². The molecule has 0 aliphatic heterocycles. The number of nitrogens with zero attached hydrogens (tertiary/aromatic N) is 3. The molecule has 0 saturated carbocycles. The monoisotopic (exact) mass is 552 g/mol. The zero-order valence-electron chi connectivity index (χ0n) is 21.7. The van der Waals surface area contributed by atoms with Crippen LogP contribution in [0.2, 0.25) is 5.02 Å². The van der Waals surface area contributed by atoms with Gasteiger partial charge in [0.15, 0.2) is 11.3 Å². The summed E-state index contributed by atoms with van der Waals surface area (Å²) in [6.07, 6.45) is -4.52. The highest BCUT2D eigenvalue weighted by atomic mass is 35.5. The van der Waals surface area contributed by atoms with Crippen LogP contribution in [0.1, 0.15) is 43.3 Å². The van der Waals surface area contributed by atoms with Gasteiger partial charge in [-0.3, -0.25) is 5.10 Å². The number of H-pyrrole nitrogens is 1. The molecule has 38 heavy (non-hydrogen) atoms. The fourth-order valence-corrected chi connectivity index (χ4v) is 4.24. The quantitative estimate of drug-likeness (QED) is 0.132. The zero-order valence-corrected chi connectivity index (χ0v) is 22.5. The molecule has 8 N–H and O–H groups in total. The van der Waals surface area contributed by atoms with Crippen LogP contribution in [0.15, 0.2) is 18.2 Å². The molecule has 0 fully saturated rings. The van der Waals surface area contributed by atoms with Crippen LogP contribution in [-0.4, -0.2) is 96.9 Å². The summed E-state index contributed by atoms with van der Waals surface area (Å²) >= 11 is 6.27. The summed E-state index contributed by atoms with van der Waals surface area (Å²) in [5.41, 5.74) is 3.21. The number of aromatic nitrogens is 4. The third-order valence-electron chi connectivity index (χ3n) is 6.24. The molecule has 0 spiro atoms. The van der Waals surface area contributed by atoms with Gasteiger partial charge >= 0.3 is 0 Å². The molecule has 0 radical (unpaired) electrons. The van der Waals surface area contributed by atoms with E-state index in [1.165, 1.54) is 0 Å². The van der Waals surface area contributed by atoms with Crippen molar-refractivity contribution in [1.82, 2.24) is 25.5 Å². The van der Waals surface area contributed by atoms with Crippen molar-refractivity contribution in [1.29, 1.82) is 0 Å². The number of halogens is 1. The molecule has 0 bridgehead atoms. The maximum atomic E-state index is 10.2. The molecule has 2 heterocycles. The molecular weight excluding hydrogens is 516 g/mol. The molecule has 13 heteroatoms. The summed E-state index contributed by atoms with van der Waals surface area (Å²) in [5, 5.41) is 62.8. The van der Waals surface area contributed by atoms with Crippen molar-refractivity contribution in [2.24, 2.45) is 0 Å². The fourth-order valence-electron chi connectivity index (χ4n) is 3.96. The molecule has 3 rings (SSSR count). The third-order valence-corrected chi connectivity index (χ3v) is 6.53. The Morgan fingerprint density at radius 2 is 1.79 bits per heavy atom. The second-order valence-electron chi connectivity index (χ2n) is 9.26. The van der Waals surface area contributed by atoms with E-state index >= 15 is 0 Å². The number of anilines is 1. The standard InChI is InChI=1S/C25H37ClN6O6/c1-4-5-16-20-21(32-31-16)25(28-10-14-6-7-19(38-3)15(26)8-14)30-24(29-20)13(2)9-27-11-17(34)22(36)23(37)18(35)12-33/h6-8,13,17-18,22-23,27,33-37H,4-5,9-12H2,1-3H3,(H,31,32)(H,28,29,30)/t13?,17-,18+,22+,23+/m1/s1. The number of hydrogen-bond donors (Lipinski definition) is 8. The Bertz CT molecular complexity index is 1180. The number of rotatable bonds is 15. The summed E-state index contributed by atoms with van der Waals surface area (Å²) in [4.78, 5) is 9.49. The van der Waals surface area contributed by atoms with Gasteiger partial charge in [-0.1, -0.05) is 37.9 Å². The molecule has 2 aromatic heterocycles. The number of hydrogen-bond acceptors (Lipinski definition) is 11. The topological polar surface area (TPSA) is 189 Å². The third kappa shape index (κ3) is 7.29. The Morgan fingerprint density at radius 3 is 2.45 bits per heavy atom. The van der Waals surface area contributed by atoms with Crippen LogP contribution in [0.3, 0.4) is 0 Å². The highest BCUT2D eigenvalue weighted by Crippen LogP contribution is 2.27. The minimum absolute atomic E-state index is 0.0565. The molecule has 0 aliphatic carbocycles. The second-order valence-corrected chi connectivity index (χ2v) is 9.67. The van der Waals surface area contributed by atoms with Gasteiger partial charge in [-0.25, -0.2) is 9.97 Å². The number of fused-ring (bicyclic) bond motifs is 1. The second kappa shape index (κ2) is 14.0. The summed E-state index contributed by atoms with van der Waals surface area (Å²) < 4.78 is 5.22. The molecule has 12 nitrogen and oxygen atoms in total. The average molecular weight is 553 g/mol. The van der Waals surface area contributed by atoms with Crippen LogP contribution >= 0.6 is 11.6 Å². The molecule has 210 valence electrons. The van der Waals surface area contributed by atoms with E-state index in [2.05, 4.69) is 27.8 Å². The first-order chi connectivity index (χ1) is 18.2. The van der Waals surface area contributed by atoms with Crippen molar-refractivity contribution in [3.05, 3.63) is 40.3 Å². The first-order valence-electron chi connectivity index (χ1n) is 12.5. The molecular formula is C25H37ClN6O6. The van der Waals surface area contributed by atoms with Crippen LogP contribution in [0.4, 0.5) is 5.82 Å². The van der Waals surface area contributed by atoms with Crippen molar-refractivity contribution in [3.63, 3.8) is 0 Å². The van der Waals surface area contributed by atoms with E-state index in [0.717, 1.165) is 29.6 Å². The predicted molar refractivity (Wildman–Crippen MR) is 143 cm³/mol. The SMILES string of the molecule is CCCc1[nH]nc2c(NCc3ccc(OC)c(Cl)c3)nc(C(C)CNC[C@@H](O)[C@H](O)[C@@H](O)[C@@H](O)CO)nc12. The maximum Gasteiger partial charge on any atom is 0.158 e. The van der Waals surface area contributed by atoms with E-state index in [4.69, 9.17) is 31.4 Å². The minimum atomic E-state index is -1.67. The lowest BCUT2D eigenvalue weighted by Gasteiger charge is -2.26. The van der Waals surface area contributed by atoms with Gasteiger partial charge in [0.05, 0.1) is 30.5 Å². The highest BCUT2D eigenvalue weighted by molar-refractivity contribution is 6.32. The van der Waals surface area contributed by atoms with E-state index in [9.17, 15) is 20.4 Å². The summed E-state index contributed by atoms with van der Waals surface area (Å²) in [5.74, 6) is 1.54. The summed E-state index contributed by atoms with van der Waals surface area (Å²) in [6, 6.07) is 5.53. The summed E-state index contributed by atoms with van der Waals surface area (Å²) in [6.45, 7) is 4.02. The Morgan fingerprint density at radius 1 is 1.05 bits per heavy atom. The van der Waals surface area contributed by atoms with Gasteiger partial charge in [-0.2, -0.15) is 5.10 Å². The van der Waals surface area contributed by atoms with E-state index in [1.807, 2.05) is 19.1 Å². The lowest BCUT2D eigenvalue weighted by molar-refractivity contribution is -0.113. The van der Waals surface area contributed by atoms with Crippen molar-refractivity contribution < 1.29 is 30.3 Å². The number of ether oxygens (including phenoxy) is 1. The van der Waals surface area contributed by atoms with E-state index in [0.29, 0.717) is 41.0 Å². The summed E-state index contributed by atoms with van der Waals surface area (Å²) in [7, 11) is 1.56. The minimum Gasteiger partial charge on any atom is -0.495 e. The number of aryl methyl sites for hydroxylation is 1. The number of nitrogens with one attached hydrogen (secondary N) is 3. The van der Waals surface area contributed by atoms with Crippen molar-refractivity contribution in [3.8, 4) is 5.75 Å². The molecule has 3 aromatic rings. The lowest BCUT2D eigenvalue weighted by atomic mass is 10.0. The number of methoxy groups -OCH3 is 1. The smallest absolute Gasteiger partial charge is 0.158 e. The number of aliphatic hydroxyl groups is 5. The van der Waals surface area contributed by atoms with E-state index in [1.54, 1.807) is 13.2 Å². The molecule has 1 unspecified atom stereocenters. The van der Waals surface area contributed by atoms with Crippen LogP contribution in [-0.2, 0) is 13.0 Å². The predicted octanol–water partition coefficient (Wildman–Crippen LogP) is 0.708. The molecule has 0 amide bonds. The average Bonchev–Trinajstić information content (AvgIpc) is 3.33. The molecule has 0 aliphatic rings. The van der Waals surface area contributed by atoms with Crippen molar-refractivity contribution in [2.75, 3.05) is 32.1 Å². The van der Waals surface area contributed by atoms with Gasteiger partial charge < -0.3 is 40.9 Å². The normalized spacial score (nSPS) is 15.7. The fraction of sp³-hybridized carbons (Fsp3) is 0.560. The maximum absolute atomic E-state index is 10.2. The Hall–Kier alpha value is -2.58. The molecule has 1 aromatic carbocycles. The largest absolute Gasteiger partial charge is 0.495 e. The van der Waals surface area contributed by atoms with Crippen LogP contribution in [0.5, 0.6) is 5.75 Å². The van der Waals surface area contributed by atoms with Gasteiger partial charge in [-0.15, -0.1) is 0 Å². The lowest BCUT2D eigenvalue weighted by Crippen LogP contribution is -2.49. The van der Waals surface area contributed by atoms with E-state index < -0.39 is 31.0 Å². The van der Waals surface area contributed by atoms with Crippen LogP contribution < -0.4 is 15.4 Å². The first-order valence-corrected chi connectivity index (χ1v) is 12.9. The van der Waals surface area contributed by atoms with Gasteiger partial charge in [0, 0.05) is 25.6 Å². The number of aliphatic hydroxyl groups excluding tert-OH is 5. The highest BCUT2D eigenvalue weighted by Gasteiger charge is 2.30. The van der Waals surface area contributed by atoms with Crippen LogP contribution in [0.25, 0.3) is 11.0 Å². The molecule has 0 saturated heterocycles.